The van der Waals surface area contributed by atoms with Gasteiger partial charge in [0.1, 0.15) is 5.82 Å². The van der Waals surface area contributed by atoms with Gasteiger partial charge in [0.2, 0.25) is 10.0 Å². The largest absolute Gasteiger partial charge is 0.334 e. The highest BCUT2D eigenvalue weighted by molar-refractivity contribution is 7.89. The smallest absolute Gasteiger partial charge is 0.254 e. The molecule has 0 N–H and O–H groups in total. The van der Waals surface area contributed by atoms with Crippen LogP contribution in [0, 0.1) is 18.8 Å². The molecule has 1 aromatic heterocycles. The molecule has 1 aliphatic rings. The van der Waals surface area contributed by atoms with E-state index in [1.54, 1.807) is 28.4 Å². The molecule has 0 radical (unpaired) electrons. The monoisotopic (exact) mass is 419 g/mol. The molecule has 1 fully saturated rings. The van der Waals surface area contributed by atoms with Crippen LogP contribution in [-0.2, 0) is 23.6 Å². The van der Waals surface area contributed by atoms with Crippen LogP contribution in [0.2, 0.25) is 0 Å². The van der Waals surface area contributed by atoms with Gasteiger partial charge in [-0.05, 0) is 49.4 Å². The fraction of sp³-hybridized carbons (Fsp3) is 0.550. The minimum absolute atomic E-state index is 0.199. The SMILES string of the molecule is Cc1nnc(CN(C)C(=O)c2ccc(S(=O)(=O)N3CC(C)CC(C)C3)cc2)n1C. The normalized spacial score (nSPS) is 20.6. The summed E-state index contributed by atoms with van der Waals surface area (Å²) in [6.07, 6.45) is 1.04. The molecule has 9 heteroatoms. The van der Waals surface area contributed by atoms with Gasteiger partial charge in [0, 0.05) is 32.7 Å². The molecule has 0 saturated carbocycles. The fourth-order valence-corrected chi connectivity index (χ4v) is 5.49. The van der Waals surface area contributed by atoms with Crippen molar-refractivity contribution in [1.29, 1.82) is 0 Å². The van der Waals surface area contributed by atoms with Gasteiger partial charge in [-0.15, -0.1) is 10.2 Å². The Morgan fingerprint density at radius 1 is 1.14 bits per heavy atom. The van der Waals surface area contributed by atoms with Crippen LogP contribution in [0.25, 0.3) is 0 Å². The number of sulfonamides is 1. The summed E-state index contributed by atoms with van der Waals surface area (Å²) in [6, 6.07) is 6.19. The second kappa shape index (κ2) is 8.23. The van der Waals surface area contributed by atoms with Crippen LogP contribution in [0.3, 0.4) is 0 Å². The Labute approximate surface area is 172 Å². The van der Waals surface area contributed by atoms with Crippen LogP contribution in [-0.4, -0.2) is 58.4 Å². The average molecular weight is 420 g/mol. The number of benzene rings is 1. The van der Waals surface area contributed by atoms with E-state index in [4.69, 9.17) is 0 Å². The predicted molar refractivity (Wildman–Crippen MR) is 110 cm³/mol. The van der Waals surface area contributed by atoms with E-state index in [1.165, 1.54) is 12.1 Å². The van der Waals surface area contributed by atoms with Gasteiger partial charge in [0.25, 0.3) is 5.91 Å². The maximum Gasteiger partial charge on any atom is 0.254 e. The van der Waals surface area contributed by atoms with Crippen molar-refractivity contribution >= 4 is 15.9 Å². The molecule has 2 unspecified atom stereocenters. The lowest BCUT2D eigenvalue weighted by Gasteiger charge is -2.34. The van der Waals surface area contributed by atoms with Gasteiger partial charge in [-0.3, -0.25) is 4.79 Å². The molecule has 2 atom stereocenters. The molecule has 1 amide bonds. The zero-order chi connectivity index (χ0) is 21.3. The van der Waals surface area contributed by atoms with Crippen molar-refractivity contribution < 1.29 is 13.2 Å². The summed E-state index contributed by atoms with van der Waals surface area (Å²) in [5.41, 5.74) is 0.436. The Hall–Kier alpha value is -2.26. The van der Waals surface area contributed by atoms with Gasteiger partial charge in [-0.1, -0.05) is 13.8 Å². The Morgan fingerprint density at radius 3 is 2.24 bits per heavy atom. The van der Waals surface area contributed by atoms with Crippen LogP contribution >= 0.6 is 0 Å². The van der Waals surface area contributed by atoms with Crippen molar-refractivity contribution in [3.05, 3.63) is 41.5 Å². The quantitative estimate of drug-likeness (QED) is 0.740. The Kier molecular flexibility index (Phi) is 6.09. The van der Waals surface area contributed by atoms with E-state index in [0.29, 0.717) is 42.9 Å². The number of amides is 1. The van der Waals surface area contributed by atoms with E-state index in [0.717, 1.165) is 12.2 Å². The summed E-state index contributed by atoms with van der Waals surface area (Å²) in [5, 5.41) is 8.07. The Bertz CT molecular complexity index is 974. The van der Waals surface area contributed by atoms with E-state index in [-0.39, 0.29) is 10.8 Å². The second-order valence-electron chi connectivity index (χ2n) is 8.18. The van der Waals surface area contributed by atoms with Gasteiger partial charge in [0.15, 0.2) is 5.82 Å². The third-order valence-corrected chi connectivity index (χ3v) is 7.33. The first-order chi connectivity index (χ1) is 13.6. The van der Waals surface area contributed by atoms with Crippen molar-refractivity contribution in [3.8, 4) is 0 Å². The van der Waals surface area contributed by atoms with Crippen LogP contribution in [0.4, 0.5) is 0 Å². The first-order valence-corrected chi connectivity index (χ1v) is 11.2. The highest BCUT2D eigenvalue weighted by Crippen LogP contribution is 2.26. The third-order valence-electron chi connectivity index (χ3n) is 5.48. The minimum Gasteiger partial charge on any atom is -0.334 e. The first kappa shape index (κ1) is 21.4. The number of nitrogens with zero attached hydrogens (tertiary/aromatic N) is 5. The summed E-state index contributed by atoms with van der Waals surface area (Å²) in [5.74, 6) is 1.94. The Balaban J connectivity index is 1.73. The van der Waals surface area contributed by atoms with E-state index >= 15 is 0 Å². The maximum absolute atomic E-state index is 13.0. The van der Waals surface area contributed by atoms with E-state index < -0.39 is 10.0 Å². The maximum atomic E-state index is 13.0. The zero-order valence-corrected chi connectivity index (χ0v) is 18.5. The molecule has 158 valence electrons. The molecule has 1 aliphatic heterocycles. The molecular formula is C20H29N5O3S. The third kappa shape index (κ3) is 4.51. The first-order valence-electron chi connectivity index (χ1n) is 9.80. The molecule has 29 heavy (non-hydrogen) atoms. The van der Waals surface area contributed by atoms with Crippen molar-refractivity contribution in [3.63, 3.8) is 0 Å². The molecule has 1 saturated heterocycles. The molecule has 0 bridgehead atoms. The second-order valence-corrected chi connectivity index (χ2v) is 10.1. The number of carbonyl (C=O) groups excluding carboxylic acids is 1. The van der Waals surface area contributed by atoms with E-state index in [9.17, 15) is 13.2 Å². The number of hydrogen-bond acceptors (Lipinski definition) is 5. The van der Waals surface area contributed by atoms with Crippen LogP contribution < -0.4 is 0 Å². The highest BCUT2D eigenvalue weighted by Gasteiger charge is 2.31. The fourth-order valence-electron chi connectivity index (χ4n) is 3.81. The highest BCUT2D eigenvalue weighted by atomic mass is 32.2. The van der Waals surface area contributed by atoms with Crippen molar-refractivity contribution in [2.45, 2.75) is 38.6 Å². The molecular weight excluding hydrogens is 390 g/mol. The minimum atomic E-state index is -3.56. The number of aromatic nitrogens is 3. The van der Waals surface area contributed by atoms with Crippen molar-refractivity contribution in [2.24, 2.45) is 18.9 Å². The molecule has 0 spiro atoms. The van der Waals surface area contributed by atoms with E-state index in [1.807, 2.05) is 18.5 Å². The van der Waals surface area contributed by atoms with Gasteiger partial charge in [-0.2, -0.15) is 4.31 Å². The number of hydrogen-bond donors (Lipinski definition) is 0. The van der Waals surface area contributed by atoms with Gasteiger partial charge < -0.3 is 9.47 Å². The van der Waals surface area contributed by atoms with Gasteiger partial charge >= 0.3 is 0 Å². The zero-order valence-electron chi connectivity index (χ0n) is 17.7. The Morgan fingerprint density at radius 2 is 1.72 bits per heavy atom. The molecule has 3 rings (SSSR count). The number of aryl methyl sites for hydroxylation is 1. The number of piperidine rings is 1. The summed E-state index contributed by atoms with van der Waals surface area (Å²) < 4.78 is 29.4. The molecule has 2 aromatic rings. The van der Waals surface area contributed by atoms with Crippen LogP contribution in [0.1, 0.15) is 42.3 Å². The predicted octanol–water partition coefficient (Wildman–Crippen LogP) is 2.06. The lowest BCUT2D eigenvalue weighted by Crippen LogP contribution is -2.42. The van der Waals surface area contributed by atoms with Crippen molar-refractivity contribution in [1.82, 2.24) is 24.0 Å². The standard InChI is InChI=1S/C20H29N5O3S/c1-14-10-15(2)12-25(11-14)29(27,28)18-8-6-17(7-9-18)20(26)23(4)13-19-22-21-16(3)24(19)5/h6-9,14-15H,10-13H2,1-5H3. The summed E-state index contributed by atoms with van der Waals surface area (Å²) in [6.45, 7) is 7.39. The molecule has 8 nitrogen and oxygen atoms in total. The van der Waals surface area contributed by atoms with Crippen LogP contribution in [0.5, 0.6) is 0 Å². The lowest BCUT2D eigenvalue weighted by molar-refractivity contribution is 0.0780. The van der Waals surface area contributed by atoms with Crippen molar-refractivity contribution in [2.75, 3.05) is 20.1 Å². The van der Waals surface area contributed by atoms with Gasteiger partial charge in [-0.25, -0.2) is 8.42 Å². The lowest BCUT2D eigenvalue weighted by atomic mass is 9.94. The van der Waals surface area contributed by atoms with Crippen LogP contribution in [0.15, 0.2) is 29.2 Å². The summed E-state index contributed by atoms with van der Waals surface area (Å²) in [7, 11) is -0.0150. The molecule has 1 aromatic carbocycles. The molecule has 2 heterocycles. The van der Waals surface area contributed by atoms with Gasteiger partial charge in [0.05, 0.1) is 11.4 Å². The van der Waals surface area contributed by atoms with E-state index in [2.05, 4.69) is 24.0 Å². The topological polar surface area (TPSA) is 88.4 Å². The summed E-state index contributed by atoms with van der Waals surface area (Å²) >= 11 is 0. The molecule has 0 aliphatic carbocycles. The number of rotatable bonds is 5. The average Bonchev–Trinajstić information content (AvgIpc) is 2.98. The number of carbonyl (C=O) groups is 1. The summed E-state index contributed by atoms with van der Waals surface area (Å²) in [4.78, 5) is 14.5.